The summed E-state index contributed by atoms with van der Waals surface area (Å²) in [6.45, 7) is 16.0. The number of nitrogens with two attached hydrogens (primary N) is 3. The first-order chi connectivity index (χ1) is 34.3. The van der Waals surface area contributed by atoms with E-state index in [0.717, 1.165) is 45.8 Å². The van der Waals surface area contributed by atoms with Gasteiger partial charge < -0.3 is 45.0 Å². The Bertz CT molecular complexity index is 3200. The molecule has 10 rings (SSSR count). The van der Waals surface area contributed by atoms with Crippen molar-refractivity contribution in [1.29, 1.82) is 0 Å². The first kappa shape index (κ1) is 56.3. The standard InChI is InChI=1S/C14H13N5O.C12H18BNO3.C9H15BN2O2.C8H7BrN4.C5H4BrIN2/c1-19-4-2-3-11(14(19)20)9-5-12(13(15)16-6-9)10-7-17-18-8-10;1-11(2)12(3,4)17-13(16-11)9-7-6-8-14(5)10(9)15;1-8(2)9(3,4)14-10(13-8)7-5-11-12-6-7;9-6-1-7(8(10)11-4-6)5-2-12-13-3-5;6-3-1-4(7)5(8)9-2-3/h2-8H,1H3,(H2,15,16)(H,17,18);6-8H,1-5H3;5-6H,1-4H3,(H,11,12);1-4H,(H2,10,11)(H,12,13);1-2H,(H2,8,9). The third-order valence-electron chi connectivity index (χ3n) is 12.4. The molecule has 0 unspecified atom stereocenters. The molecule has 73 heavy (non-hydrogen) atoms. The molecule has 0 amide bonds. The zero-order valence-electron chi connectivity index (χ0n) is 41.9. The fourth-order valence-electron chi connectivity index (χ4n) is 6.71. The highest BCUT2D eigenvalue weighted by atomic mass is 127. The van der Waals surface area contributed by atoms with Crippen LogP contribution >= 0.6 is 54.5 Å². The minimum Gasteiger partial charge on any atom is -0.399 e. The van der Waals surface area contributed by atoms with Gasteiger partial charge in [0.25, 0.3) is 5.56 Å². The van der Waals surface area contributed by atoms with Gasteiger partial charge in [0.15, 0.2) is 0 Å². The number of aromatic amines is 3. The number of aromatic nitrogens is 11. The normalized spacial score (nSPS) is 15.6. The summed E-state index contributed by atoms with van der Waals surface area (Å²) >= 11 is 8.74. The number of nitrogens with zero attached hydrogens (tertiary/aromatic N) is 8. The zero-order chi connectivity index (χ0) is 53.5. The summed E-state index contributed by atoms with van der Waals surface area (Å²) in [6.07, 6.45) is 18.8. The highest BCUT2D eigenvalue weighted by Crippen LogP contribution is 2.37. The maximum absolute atomic E-state index is 12.1. The van der Waals surface area contributed by atoms with Gasteiger partial charge in [-0.25, -0.2) is 15.0 Å². The smallest absolute Gasteiger partial charge is 0.399 e. The lowest BCUT2D eigenvalue weighted by Crippen LogP contribution is -2.46. The fraction of sp³-hybridized carbons (Fsp3) is 0.292. The zero-order valence-corrected chi connectivity index (χ0v) is 47.3. The number of H-pyrrole nitrogens is 3. The molecule has 0 aromatic carbocycles. The molecule has 20 nitrogen and oxygen atoms in total. The number of aryl methyl sites for hydroxylation is 2. The lowest BCUT2D eigenvalue weighted by molar-refractivity contribution is 0.00578. The summed E-state index contributed by atoms with van der Waals surface area (Å²) in [4.78, 5) is 36.2. The lowest BCUT2D eigenvalue weighted by atomic mass is 9.80. The van der Waals surface area contributed by atoms with Gasteiger partial charge >= 0.3 is 14.2 Å². The van der Waals surface area contributed by atoms with Crippen LogP contribution in [0, 0.1) is 3.57 Å². The Morgan fingerprint density at radius 1 is 0.548 bits per heavy atom. The largest absolute Gasteiger partial charge is 0.500 e. The predicted molar refractivity (Wildman–Crippen MR) is 302 cm³/mol. The molecule has 9 N–H and O–H groups in total. The second-order valence-corrected chi connectivity index (χ2v) is 21.7. The maximum atomic E-state index is 12.1. The van der Waals surface area contributed by atoms with Crippen LogP contribution in [0.25, 0.3) is 33.4 Å². The molecule has 0 bridgehead atoms. The Morgan fingerprint density at radius 2 is 1.00 bits per heavy atom. The summed E-state index contributed by atoms with van der Waals surface area (Å²) in [5.74, 6) is 1.49. The van der Waals surface area contributed by atoms with E-state index in [0.29, 0.717) is 28.5 Å². The molecule has 25 heteroatoms. The van der Waals surface area contributed by atoms with Crippen LogP contribution in [0.4, 0.5) is 17.5 Å². The number of nitrogens with one attached hydrogen (secondary N) is 3. The van der Waals surface area contributed by atoms with Crippen molar-refractivity contribution in [2.24, 2.45) is 14.1 Å². The van der Waals surface area contributed by atoms with Crippen LogP contribution in [-0.4, -0.2) is 91.3 Å². The number of pyridine rings is 5. The number of hydrogen-bond donors (Lipinski definition) is 6. The molecule has 10 heterocycles. The quantitative estimate of drug-likeness (QED) is 0.0776. The SMILES string of the molecule is CC1(C)OB(c2cn[nH]c2)OC1(C)C.Cn1cccc(-c2cnc(N)c(-c3cn[nH]c3)c2)c1=O.Cn1cccc(B2OC(C)(C)C(C)(C)O2)c1=O.Nc1ncc(Br)cc1-c1cn[nH]c1.Nc1ncc(Br)cc1I. The van der Waals surface area contributed by atoms with E-state index in [1.165, 1.54) is 9.13 Å². The van der Waals surface area contributed by atoms with Gasteiger partial charge in [-0.15, -0.1) is 0 Å². The molecular weight excluding hydrogens is 1180 g/mol. The minimum absolute atomic E-state index is 0.0720. The van der Waals surface area contributed by atoms with E-state index in [-0.39, 0.29) is 29.4 Å². The van der Waals surface area contributed by atoms with E-state index in [1.54, 1.807) is 94.4 Å². The highest BCUT2D eigenvalue weighted by Gasteiger charge is 2.53. The van der Waals surface area contributed by atoms with E-state index in [9.17, 15) is 9.59 Å². The molecule has 0 spiro atoms. The van der Waals surface area contributed by atoms with Gasteiger partial charge in [0.2, 0.25) is 5.56 Å². The third kappa shape index (κ3) is 13.8. The monoisotopic (exact) mass is 1230 g/mol. The van der Waals surface area contributed by atoms with Crippen LogP contribution in [0.2, 0.25) is 0 Å². The Hall–Kier alpha value is -5.96. The summed E-state index contributed by atoms with van der Waals surface area (Å²) in [7, 11) is 2.55. The minimum atomic E-state index is -0.583. The Kier molecular flexibility index (Phi) is 18.1. The van der Waals surface area contributed by atoms with Crippen LogP contribution in [0.5, 0.6) is 0 Å². The van der Waals surface area contributed by atoms with Crippen molar-refractivity contribution in [2.45, 2.75) is 77.8 Å². The number of rotatable bonds is 5. The van der Waals surface area contributed by atoms with Crippen LogP contribution in [0.3, 0.4) is 0 Å². The lowest BCUT2D eigenvalue weighted by Gasteiger charge is -2.32. The summed E-state index contributed by atoms with van der Waals surface area (Å²) in [5.41, 5.74) is 21.7. The fourth-order valence-corrected chi connectivity index (χ4v) is 8.28. The van der Waals surface area contributed by atoms with Crippen LogP contribution in [-0.2, 0) is 32.7 Å². The summed E-state index contributed by atoms with van der Waals surface area (Å²) in [5, 5.41) is 19.8. The van der Waals surface area contributed by atoms with Crippen molar-refractivity contribution in [3.8, 4) is 33.4 Å². The number of nitrogen functional groups attached to an aromatic ring is 3. The van der Waals surface area contributed by atoms with E-state index in [2.05, 4.69) is 100.0 Å². The van der Waals surface area contributed by atoms with Gasteiger partial charge in [0.1, 0.15) is 17.5 Å². The van der Waals surface area contributed by atoms with Gasteiger partial charge in [-0.2, -0.15) is 15.3 Å². The molecule has 2 saturated heterocycles. The molecule has 0 atom stereocenters. The van der Waals surface area contributed by atoms with Crippen molar-refractivity contribution in [1.82, 2.24) is 54.7 Å². The highest BCUT2D eigenvalue weighted by molar-refractivity contribution is 14.1. The van der Waals surface area contributed by atoms with Gasteiger partial charge in [-0.1, -0.05) is 6.07 Å². The van der Waals surface area contributed by atoms with Gasteiger partial charge in [-0.3, -0.25) is 24.9 Å². The van der Waals surface area contributed by atoms with Gasteiger partial charge in [0.05, 0.1) is 38.4 Å². The van der Waals surface area contributed by atoms with E-state index in [4.69, 9.17) is 35.8 Å². The number of halogens is 3. The van der Waals surface area contributed by atoms with Crippen molar-refractivity contribution in [3.63, 3.8) is 0 Å². The van der Waals surface area contributed by atoms with Crippen LogP contribution in [0.1, 0.15) is 55.4 Å². The van der Waals surface area contributed by atoms with Crippen LogP contribution < -0.4 is 39.2 Å². The van der Waals surface area contributed by atoms with Crippen LogP contribution in [0.15, 0.2) is 129 Å². The number of anilines is 3. The van der Waals surface area contributed by atoms with Gasteiger partial charge in [-0.05, 0) is 146 Å². The number of hydrogen-bond acceptors (Lipinski definition) is 15. The summed E-state index contributed by atoms with van der Waals surface area (Å²) < 4.78 is 29.2. The first-order valence-electron chi connectivity index (χ1n) is 22.5. The Morgan fingerprint density at radius 3 is 1.49 bits per heavy atom. The third-order valence-corrected chi connectivity index (χ3v) is 14.1. The molecule has 8 aromatic rings. The Labute approximate surface area is 453 Å². The molecular formula is C48H57B2Br2IN14O6. The topological polar surface area (TPSA) is 284 Å². The van der Waals surface area contributed by atoms with Gasteiger partial charge in [0, 0.05) is 123 Å². The summed E-state index contributed by atoms with van der Waals surface area (Å²) in [6, 6.07) is 12.9. The first-order valence-corrected chi connectivity index (χ1v) is 25.2. The molecule has 0 aliphatic carbocycles. The second kappa shape index (κ2) is 23.5. The van der Waals surface area contributed by atoms with Crippen molar-refractivity contribution in [3.05, 3.63) is 144 Å². The van der Waals surface area contributed by atoms with Crippen molar-refractivity contribution < 1.29 is 18.6 Å². The molecule has 0 saturated carbocycles. The molecule has 2 aliphatic heterocycles. The average molecular weight is 1230 g/mol. The molecule has 382 valence electrons. The van der Waals surface area contributed by atoms with E-state index in [1.807, 2.05) is 85.7 Å². The Balaban J connectivity index is 0.000000152. The molecule has 8 aromatic heterocycles. The predicted octanol–water partition coefficient (Wildman–Crippen LogP) is 6.66. The second-order valence-electron chi connectivity index (χ2n) is 18.7. The molecule has 2 aliphatic rings. The van der Waals surface area contributed by atoms with Crippen molar-refractivity contribution in [2.75, 3.05) is 17.2 Å². The average Bonchev–Trinajstić information content (AvgIpc) is 4.20. The van der Waals surface area contributed by atoms with Crippen molar-refractivity contribution >= 4 is 97.1 Å². The molecule has 2 fully saturated rings. The molecule has 0 radical (unpaired) electrons. The van der Waals surface area contributed by atoms with E-state index >= 15 is 0 Å². The maximum Gasteiger partial charge on any atom is 0.500 e. The van der Waals surface area contributed by atoms with E-state index < -0.39 is 18.3 Å².